The Bertz CT molecular complexity index is 878. The molecule has 0 aliphatic carbocycles. The highest BCUT2D eigenvalue weighted by Crippen LogP contribution is 2.28. The fourth-order valence-corrected chi connectivity index (χ4v) is 3.64. The van der Waals surface area contributed by atoms with Gasteiger partial charge in [0.1, 0.15) is 5.03 Å². The van der Waals surface area contributed by atoms with Crippen LogP contribution in [0.5, 0.6) is 0 Å². The SMILES string of the molecule is Cc1ccc(Sc2ncccc2C(=O)NC(C)CCc2ccccc2)cc1. The molecule has 1 aromatic heterocycles. The van der Waals surface area contributed by atoms with Gasteiger partial charge in [-0.15, -0.1) is 0 Å². The minimum Gasteiger partial charge on any atom is -0.349 e. The first kappa shape index (κ1) is 19.2. The maximum absolute atomic E-state index is 12.8. The molecule has 0 bridgehead atoms. The Balaban J connectivity index is 1.63. The number of amides is 1. The molecule has 138 valence electrons. The number of nitrogens with one attached hydrogen (secondary N) is 1. The highest BCUT2D eigenvalue weighted by molar-refractivity contribution is 7.99. The van der Waals surface area contributed by atoms with Gasteiger partial charge < -0.3 is 5.32 Å². The van der Waals surface area contributed by atoms with Crippen molar-refractivity contribution in [3.63, 3.8) is 0 Å². The average Bonchev–Trinajstić information content (AvgIpc) is 2.69. The summed E-state index contributed by atoms with van der Waals surface area (Å²) in [6.45, 7) is 4.11. The normalized spacial score (nSPS) is 11.8. The molecular weight excluding hydrogens is 352 g/mol. The second-order valence-corrected chi connectivity index (χ2v) is 7.73. The fraction of sp³-hybridized carbons (Fsp3) is 0.217. The monoisotopic (exact) mass is 376 g/mol. The molecule has 0 radical (unpaired) electrons. The lowest BCUT2D eigenvalue weighted by molar-refractivity contribution is 0.0934. The summed E-state index contributed by atoms with van der Waals surface area (Å²) in [6, 6.07) is 22.3. The molecular formula is C23H24N2OS. The molecule has 0 aliphatic rings. The number of pyridine rings is 1. The summed E-state index contributed by atoms with van der Waals surface area (Å²) in [7, 11) is 0. The topological polar surface area (TPSA) is 42.0 Å². The van der Waals surface area contributed by atoms with Crippen molar-refractivity contribution in [3.05, 3.63) is 89.6 Å². The van der Waals surface area contributed by atoms with Crippen molar-refractivity contribution in [3.8, 4) is 0 Å². The van der Waals surface area contributed by atoms with Crippen molar-refractivity contribution in [2.24, 2.45) is 0 Å². The third-order valence-electron chi connectivity index (χ3n) is 4.34. The molecule has 1 unspecified atom stereocenters. The number of benzene rings is 2. The first-order chi connectivity index (χ1) is 13.1. The number of aromatic nitrogens is 1. The maximum atomic E-state index is 12.8. The largest absolute Gasteiger partial charge is 0.349 e. The lowest BCUT2D eigenvalue weighted by atomic mass is 10.1. The number of carbonyl (C=O) groups excluding carboxylic acids is 1. The summed E-state index contributed by atoms with van der Waals surface area (Å²) in [5.74, 6) is -0.0710. The Morgan fingerprint density at radius 3 is 2.52 bits per heavy atom. The van der Waals surface area contributed by atoms with Crippen molar-refractivity contribution in [1.82, 2.24) is 10.3 Å². The zero-order valence-corrected chi connectivity index (χ0v) is 16.5. The van der Waals surface area contributed by atoms with Gasteiger partial charge in [0.2, 0.25) is 0 Å². The summed E-state index contributed by atoms with van der Waals surface area (Å²) in [6.07, 6.45) is 3.57. The van der Waals surface area contributed by atoms with E-state index in [0.717, 1.165) is 22.8 Å². The number of aryl methyl sites for hydroxylation is 2. The van der Waals surface area contributed by atoms with E-state index in [4.69, 9.17) is 0 Å². The predicted molar refractivity (Wildman–Crippen MR) is 111 cm³/mol. The third kappa shape index (κ3) is 5.69. The number of hydrogen-bond donors (Lipinski definition) is 1. The smallest absolute Gasteiger partial charge is 0.254 e. The van der Waals surface area contributed by atoms with E-state index in [1.54, 1.807) is 6.20 Å². The molecule has 3 rings (SSSR count). The summed E-state index contributed by atoms with van der Waals surface area (Å²) in [5, 5.41) is 3.84. The maximum Gasteiger partial charge on any atom is 0.254 e. The minimum absolute atomic E-state index is 0.0710. The van der Waals surface area contributed by atoms with Gasteiger partial charge in [0, 0.05) is 17.1 Å². The predicted octanol–water partition coefficient (Wildman–Crippen LogP) is 5.29. The summed E-state index contributed by atoms with van der Waals surface area (Å²) in [4.78, 5) is 18.3. The number of nitrogens with zero attached hydrogens (tertiary/aromatic N) is 1. The van der Waals surface area contributed by atoms with E-state index in [1.807, 2.05) is 37.3 Å². The van der Waals surface area contributed by atoms with Gasteiger partial charge in [-0.1, -0.05) is 59.8 Å². The zero-order valence-electron chi connectivity index (χ0n) is 15.7. The number of rotatable bonds is 7. The first-order valence-electron chi connectivity index (χ1n) is 9.16. The molecule has 1 heterocycles. The van der Waals surface area contributed by atoms with E-state index in [2.05, 4.69) is 53.6 Å². The summed E-state index contributed by atoms with van der Waals surface area (Å²) in [5.41, 5.74) is 3.12. The van der Waals surface area contributed by atoms with Crippen LogP contribution in [0.4, 0.5) is 0 Å². The van der Waals surface area contributed by atoms with E-state index in [-0.39, 0.29) is 11.9 Å². The Kier molecular flexibility index (Phi) is 6.66. The zero-order chi connectivity index (χ0) is 19.1. The van der Waals surface area contributed by atoms with Crippen molar-refractivity contribution in [1.29, 1.82) is 0 Å². The quantitative estimate of drug-likeness (QED) is 0.609. The standard InChI is InChI=1S/C23H24N2OS/c1-17-10-14-20(15-11-17)27-23-21(9-6-16-24-23)22(26)25-18(2)12-13-19-7-4-3-5-8-19/h3-11,14-16,18H,12-13H2,1-2H3,(H,25,26). The van der Waals surface area contributed by atoms with Crippen LogP contribution in [-0.2, 0) is 6.42 Å². The Hall–Kier alpha value is -2.59. The van der Waals surface area contributed by atoms with E-state index < -0.39 is 0 Å². The van der Waals surface area contributed by atoms with Crippen molar-refractivity contribution < 1.29 is 4.79 Å². The second kappa shape index (κ2) is 9.38. The van der Waals surface area contributed by atoms with Crippen LogP contribution in [-0.4, -0.2) is 16.9 Å². The van der Waals surface area contributed by atoms with E-state index >= 15 is 0 Å². The van der Waals surface area contributed by atoms with Crippen molar-refractivity contribution in [2.75, 3.05) is 0 Å². The van der Waals surface area contributed by atoms with Crippen LogP contribution in [0.25, 0.3) is 0 Å². The number of hydrogen-bond acceptors (Lipinski definition) is 3. The molecule has 0 saturated heterocycles. The van der Waals surface area contributed by atoms with Crippen LogP contribution in [0.3, 0.4) is 0 Å². The lowest BCUT2D eigenvalue weighted by Gasteiger charge is -2.15. The molecule has 0 spiro atoms. The highest BCUT2D eigenvalue weighted by atomic mass is 32.2. The average molecular weight is 377 g/mol. The van der Waals surface area contributed by atoms with Gasteiger partial charge in [-0.2, -0.15) is 0 Å². The molecule has 3 nitrogen and oxygen atoms in total. The van der Waals surface area contributed by atoms with Gasteiger partial charge in [0.25, 0.3) is 5.91 Å². The van der Waals surface area contributed by atoms with Crippen molar-refractivity contribution in [2.45, 2.75) is 42.7 Å². The molecule has 3 aromatic rings. The molecule has 2 aromatic carbocycles. The summed E-state index contributed by atoms with van der Waals surface area (Å²) < 4.78 is 0. The van der Waals surface area contributed by atoms with Gasteiger partial charge in [-0.25, -0.2) is 4.98 Å². The molecule has 27 heavy (non-hydrogen) atoms. The lowest BCUT2D eigenvalue weighted by Crippen LogP contribution is -2.33. The van der Waals surface area contributed by atoms with E-state index in [1.165, 1.54) is 22.9 Å². The second-order valence-electron chi connectivity index (χ2n) is 6.67. The first-order valence-corrected chi connectivity index (χ1v) is 9.98. The Morgan fingerprint density at radius 1 is 1.04 bits per heavy atom. The van der Waals surface area contributed by atoms with Gasteiger partial charge in [0.15, 0.2) is 0 Å². The third-order valence-corrected chi connectivity index (χ3v) is 5.36. The van der Waals surface area contributed by atoms with Crippen LogP contribution >= 0.6 is 11.8 Å². The molecule has 1 amide bonds. The van der Waals surface area contributed by atoms with Crippen LogP contribution in [0.2, 0.25) is 0 Å². The van der Waals surface area contributed by atoms with E-state index in [0.29, 0.717) is 5.56 Å². The van der Waals surface area contributed by atoms with Gasteiger partial charge >= 0.3 is 0 Å². The molecule has 1 atom stereocenters. The van der Waals surface area contributed by atoms with E-state index in [9.17, 15) is 4.79 Å². The highest BCUT2D eigenvalue weighted by Gasteiger charge is 2.15. The molecule has 0 aliphatic heterocycles. The molecule has 0 fully saturated rings. The molecule has 0 saturated carbocycles. The van der Waals surface area contributed by atoms with Gasteiger partial charge in [-0.05, 0) is 56.5 Å². The van der Waals surface area contributed by atoms with Crippen LogP contribution in [0.1, 0.15) is 34.8 Å². The number of carbonyl (C=O) groups is 1. The Morgan fingerprint density at radius 2 is 1.78 bits per heavy atom. The van der Waals surface area contributed by atoms with Crippen LogP contribution in [0, 0.1) is 6.92 Å². The molecule has 4 heteroatoms. The van der Waals surface area contributed by atoms with Gasteiger partial charge in [-0.3, -0.25) is 4.79 Å². The van der Waals surface area contributed by atoms with Crippen molar-refractivity contribution >= 4 is 17.7 Å². The van der Waals surface area contributed by atoms with Gasteiger partial charge in [0.05, 0.1) is 5.56 Å². The minimum atomic E-state index is -0.0710. The fourth-order valence-electron chi connectivity index (χ4n) is 2.76. The Labute approximate surface area is 165 Å². The summed E-state index contributed by atoms with van der Waals surface area (Å²) >= 11 is 1.52. The molecule has 1 N–H and O–H groups in total. The van der Waals surface area contributed by atoms with Crippen LogP contribution in [0.15, 0.2) is 82.8 Å². The van der Waals surface area contributed by atoms with Crippen LogP contribution < -0.4 is 5.32 Å².